The summed E-state index contributed by atoms with van der Waals surface area (Å²) in [5, 5.41) is 0. The molecule has 0 bridgehead atoms. The molecule has 4 aromatic carbocycles. The van der Waals surface area contributed by atoms with Gasteiger partial charge in [0.1, 0.15) is 0 Å². The van der Waals surface area contributed by atoms with Gasteiger partial charge in [-0.1, -0.05) is 111 Å². The largest absolute Gasteiger partial charge is 0.0622 e. The molecule has 5 rings (SSSR count). The van der Waals surface area contributed by atoms with Gasteiger partial charge >= 0.3 is 0 Å². The van der Waals surface area contributed by atoms with E-state index in [1.165, 1.54) is 50.1 Å². The molecule has 0 N–H and O–H groups in total. The number of benzene rings is 4. The van der Waals surface area contributed by atoms with Crippen molar-refractivity contribution in [3.8, 4) is 33.4 Å². The predicted molar refractivity (Wildman–Crippen MR) is 134 cm³/mol. The molecule has 0 unspecified atom stereocenters. The fourth-order valence-corrected chi connectivity index (χ4v) is 4.30. The molecule has 0 nitrogen and oxygen atoms in total. The summed E-state index contributed by atoms with van der Waals surface area (Å²) in [4.78, 5) is 0. The molecule has 1 aliphatic rings. The van der Waals surface area contributed by atoms with Gasteiger partial charge in [0.25, 0.3) is 0 Å². The first-order valence-electron chi connectivity index (χ1n) is 11.0. The van der Waals surface area contributed by atoms with Crippen LogP contribution in [-0.2, 0) is 0 Å². The Labute approximate surface area is 185 Å². The second-order valence-electron chi connectivity index (χ2n) is 9.33. The van der Waals surface area contributed by atoms with E-state index in [0.29, 0.717) is 0 Å². The first-order valence-corrected chi connectivity index (χ1v) is 11.0. The molecule has 0 atom stereocenters. The third-order valence-electron chi connectivity index (χ3n) is 6.07. The molecule has 31 heavy (non-hydrogen) atoms. The molecule has 151 valence electrons. The van der Waals surface area contributed by atoms with Crippen LogP contribution in [-0.4, -0.2) is 0 Å². The van der Waals surface area contributed by atoms with Crippen molar-refractivity contribution in [2.24, 2.45) is 5.41 Å². The summed E-state index contributed by atoms with van der Waals surface area (Å²) in [6.07, 6.45) is 4.72. The maximum absolute atomic E-state index is 2.38. The van der Waals surface area contributed by atoms with E-state index in [-0.39, 0.29) is 5.41 Å². The topological polar surface area (TPSA) is 0 Å². The van der Waals surface area contributed by atoms with E-state index in [1.54, 1.807) is 0 Å². The van der Waals surface area contributed by atoms with Crippen LogP contribution in [0, 0.1) is 11.8 Å². The SMILES string of the molecule is CC(C)(C)C1=Cc2c(cccc2-c2cc(-c3ccccc3)cc(-c3ccccc3)c2)[CH]1. The average Bonchev–Trinajstić information content (AvgIpc) is 3.25. The monoisotopic (exact) mass is 399 g/mol. The van der Waals surface area contributed by atoms with Crippen molar-refractivity contribution >= 4 is 6.08 Å². The van der Waals surface area contributed by atoms with Crippen LogP contribution in [0.5, 0.6) is 0 Å². The van der Waals surface area contributed by atoms with E-state index in [0.717, 1.165) is 0 Å². The quantitative estimate of drug-likeness (QED) is 0.323. The van der Waals surface area contributed by atoms with Crippen LogP contribution in [0.25, 0.3) is 39.5 Å². The van der Waals surface area contributed by atoms with Crippen molar-refractivity contribution < 1.29 is 0 Å². The average molecular weight is 400 g/mol. The molecule has 0 aliphatic heterocycles. The number of rotatable bonds is 3. The molecule has 0 saturated heterocycles. The summed E-state index contributed by atoms with van der Waals surface area (Å²) in [7, 11) is 0. The van der Waals surface area contributed by atoms with Gasteiger partial charge in [-0.2, -0.15) is 0 Å². The Hall–Kier alpha value is -3.38. The summed E-state index contributed by atoms with van der Waals surface area (Å²) in [6, 6.07) is 35.0. The summed E-state index contributed by atoms with van der Waals surface area (Å²) in [5.41, 5.74) is 11.7. The Morgan fingerprint density at radius 3 is 1.61 bits per heavy atom. The zero-order valence-corrected chi connectivity index (χ0v) is 18.4. The summed E-state index contributed by atoms with van der Waals surface area (Å²) in [6.45, 7) is 6.85. The van der Waals surface area contributed by atoms with Crippen LogP contribution >= 0.6 is 0 Å². The Kier molecular flexibility index (Phi) is 4.87. The molecule has 4 aromatic rings. The van der Waals surface area contributed by atoms with Gasteiger partial charge in [-0.05, 0) is 68.1 Å². The lowest BCUT2D eigenvalue weighted by Gasteiger charge is -2.19. The zero-order valence-electron chi connectivity index (χ0n) is 18.4. The third kappa shape index (κ3) is 3.86. The number of hydrogen-bond acceptors (Lipinski definition) is 0. The first kappa shape index (κ1) is 19.6. The minimum Gasteiger partial charge on any atom is -0.0622 e. The fraction of sp³-hybridized carbons (Fsp3) is 0.129. The van der Waals surface area contributed by atoms with E-state index >= 15 is 0 Å². The Morgan fingerprint density at radius 1 is 0.516 bits per heavy atom. The molecule has 0 fully saturated rings. The summed E-state index contributed by atoms with van der Waals surface area (Å²) in [5.74, 6) is 0. The number of allylic oxidation sites excluding steroid dienone is 1. The standard InChI is InChI=1S/C31H27/c1-31(2,3)28-20-24-15-10-16-29(30(24)21-28)27-18-25(22-11-6-4-7-12-22)17-26(19-27)23-13-8-5-9-14-23/h4-21H,1-3H3. The van der Waals surface area contributed by atoms with E-state index in [1.807, 2.05) is 0 Å². The maximum atomic E-state index is 2.38. The molecule has 0 heteroatoms. The Morgan fingerprint density at radius 2 is 1.06 bits per heavy atom. The van der Waals surface area contributed by atoms with Crippen molar-refractivity contribution in [1.82, 2.24) is 0 Å². The van der Waals surface area contributed by atoms with Gasteiger partial charge in [-0.25, -0.2) is 0 Å². The van der Waals surface area contributed by atoms with Gasteiger partial charge < -0.3 is 0 Å². The molecule has 0 spiro atoms. The van der Waals surface area contributed by atoms with Gasteiger partial charge in [0, 0.05) is 6.42 Å². The normalized spacial score (nSPS) is 13.1. The van der Waals surface area contributed by atoms with Crippen LogP contribution in [0.2, 0.25) is 0 Å². The fourth-order valence-electron chi connectivity index (χ4n) is 4.30. The number of fused-ring (bicyclic) bond motifs is 1. The lowest BCUT2D eigenvalue weighted by molar-refractivity contribution is 0.516. The predicted octanol–water partition coefficient (Wildman–Crippen LogP) is 8.68. The van der Waals surface area contributed by atoms with Crippen molar-refractivity contribution in [1.29, 1.82) is 0 Å². The Bertz CT molecular complexity index is 1190. The molecule has 0 saturated carbocycles. The molecule has 0 heterocycles. The van der Waals surface area contributed by atoms with Gasteiger partial charge in [0.2, 0.25) is 0 Å². The highest BCUT2D eigenvalue weighted by Gasteiger charge is 2.25. The second-order valence-corrected chi connectivity index (χ2v) is 9.33. The zero-order chi connectivity index (χ0) is 21.4. The minimum absolute atomic E-state index is 0.136. The van der Waals surface area contributed by atoms with Crippen LogP contribution in [0.1, 0.15) is 31.9 Å². The third-order valence-corrected chi connectivity index (χ3v) is 6.07. The van der Waals surface area contributed by atoms with E-state index < -0.39 is 0 Å². The maximum Gasteiger partial charge on any atom is 0.0170 e. The lowest BCUT2D eigenvalue weighted by atomic mass is 9.85. The van der Waals surface area contributed by atoms with E-state index in [2.05, 4.69) is 130 Å². The van der Waals surface area contributed by atoms with Crippen molar-refractivity contribution in [2.45, 2.75) is 20.8 Å². The smallest absolute Gasteiger partial charge is 0.0170 e. The van der Waals surface area contributed by atoms with Crippen molar-refractivity contribution in [3.05, 3.63) is 120 Å². The lowest BCUT2D eigenvalue weighted by Crippen LogP contribution is -2.07. The summed E-state index contributed by atoms with van der Waals surface area (Å²) >= 11 is 0. The highest BCUT2D eigenvalue weighted by Crippen LogP contribution is 2.42. The van der Waals surface area contributed by atoms with Gasteiger partial charge in [0.15, 0.2) is 0 Å². The Balaban J connectivity index is 1.71. The molecule has 1 aliphatic carbocycles. The van der Waals surface area contributed by atoms with Crippen LogP contribution < -0.4 is 0 Å². The van der Waals surface area contributed by atoms with E-state index in [4.69, 9.17) is 0 Å². The van der Waals surface area contributed by atoms with Crippen LogP contribution in [0.15, 0.2) is 103 Å². The molecule has 0 aromatic heterocycles. The first-order chi connectivity index (χ1) is 15.0. The number of hydrogen-bond donors (Lipinski definition) is 0. The molecule has 0 amide bonds. The van der Waals surface area contributed by atoms with Crippen molar-refractivity contribution in [2.75, 3.05) is 0 Å². The molecular weight excluding hydrogens is 372 g/mol. The summed E-state index contributed by atoms with van der Waals surface area (Å²) < 4.78 is 0. The second kappa shape index (κ2) is 7.71. The van der Waals surface area contributed by atoms with Gasteiger partial charge in [0.05, 0.1) is 0 Å². The molecular formula is C31H27. The highest BCUT2D eigenvalue weighted by atomic mass is 14.3. The van der Waals surface area contributed by atoms with Crippen LogP contribution in [0.4, 0.5) is 0 Å². The van der Waals surface area contributed by atoms with Gasteiger partial charge in [-0.15, -0.1) is 0 Å². The molecule has 1 radical (unpaired) electrons. The van der Waals surface area contributed by atoms with Crippen LogP contribution in [0.3, 0.4) is 0 Å². The van der Waals surface area contributed by atoms with Gasteiger partial charge in [-0.3, -0.25) is 0 Å². The minimum atomic E-state index is 0.136. The highest BCUT2D eigenvalue weighted by molar-refractivity contribution is 5.88. The van der Waals surface area contributed by atoms with Crippen molar-refractivity contribution in [3.63, 3.8) is 0 Å². The van der Waals surface area contributed by atoms with E-state index in [9.17, 15) is 0 Å².